The maximum absolute atomic E-state index is 12.9. The number of hydrogen-bond acceptors (Lipinski definition) is 6. The molecule has 0 aliphatic rings. The van der Waals surface area contributed by atoms with E-state index in [-0.39, 0.29) is 37.5 Å². The second-order valence-corrected chi connectivity index (χ2v) is 22.0. The number of carbonyl (C=O) groups is 3. The summed E-state index contributed by atoms with van der Waals surface area (Å²) < 4.78 is 16.9. The lowest BCUT2D eigenvalue weighted by atomic mass is 10.1. The van der Waals surface area contributed by atoms with Crippen LogP contribution in [0.15, 0.2) is 158 Å². The van der Waals surface area contributed by atoms with Crippen molar-refractivity contribution in [1.82, 2.24) is 0 Å². The monoisotopic (exact) mass is 1140 g/mol. The molecule has 0 heterocycles. The van der Waals surface area contributed by atoms with E-state index >= 15 is 0 Å². The van der Waals surface area contributed by atoms with Crippen LogP contribution in [-0.4, -0.2) is 37.2 Å². The molecular weight excluding hydrogens is 1020 g/mol. The molecule has 0 bridgehead atoms. The number of hydrogen-bond donors (Lipinski definition) is 0. The minimum Gasteiger partial charge on any atom is -0.462 e. The highest BCUT2D eigenvalue weighted by molar-refractivity contribution is 5.71. The van der Waals surface area contributed by atoms with E-state index in [2.05, 4.69) is 179 Å². The van der Waals surface area contributed by atoms with Gasteiger partial charge in [0.2, 0.25) is 0 Å². The number of esters is 3. The van der Waals surface area contributed by atoms with Crippen LogP contribution in [0.3, 0.4) is 0 Å². The van der Waals surface area contributed by atoms with Gasteiger partial charge in [-0.15, -0.1) is 0 Å². The summed E-state index contributed by atoms with van der Waals surface area (Å²) in [6, 6.07) is 0. The SMILES string of the molecule is CC/C=C\C/C=C\C/C=C\C/C=C\C/C=C\C/C=C\CCCCCCC(=O)OC(COC(=O)CCCCCC/C=C\C/C=C\C/C=C\C/C=C\CC)COC(=O)CCCCCCCCCCCC/C=C\C/C=C\C/C=C\CCCCCCC. The Kier molecular flexibility index (Phi) is 65.4. The molecule has 0 saturated heterocycles. The van der Waals surface area contributed by atoms with Crippen LogP contribution in [0.25, 0.3) is 0 Å². The van der Waals surface area contributed by atoms with Crippen molar-refractivity contribution in [3.05, 3.63) is 158 Å². The van der Waals surface area contributed by atoms with Crippen LogP contribution in [0, 0.1) is 0 Å². The number of rotatable bonds is 60. The van der Waals surface area contributed by atoms with Crippen molar-refractivity contribution in [1.29, 1.82) is 0 Å². The molecule has 6 nitrogen and oxygen atoms in total. The van der Waals surface area contributed by atoms with Crippen LogP contribution in [0.5, 0.6) is 0 Å². The Morgan fingerprint density at radius 3 is 0.735 bits per heavy atom. The molecule has 83 heavy (non-hydrogen) atoms. The number of unbranched alkanes of at least 4 members (excludes halogenated alkanes) is 23. The fraction of sp³-hybridized carbons (Fsp3) is 0.623. The van der Waals surface area contributed by atoms with Gasteiger partial charge in [-0.1, -0.05) is 281 Å². The molecular formula is C77H124O6. The zero-order chi connectivity index (χ0) is 59.9. The first-order chi connectivity index (χ1) is 41.0. The third kappa shape index (κ3) is 67.7. The van der Waals surface area contributed by atoms with Crippen molar-refractivity contribution in [3.63, 3.8) is 0 Å². The predicted molar refractivity (Wildman–Crippen MR) is 362 cm³/mol. The Labute approximate surface area is 511 Å². The van der Waals surface area contributed by atoms with Gasteiger partial charge in [-0.2, -0.15) is 0 Å². The van der Waals surface area contributed by atoms with Crippen molar-refractivity contribution in [2.24, 2.45) is 0 Å². The van der Waals surface area contributed by atoms with Gasteiger partial charge in [-0.05, 0) is 148 Å². The van der Waals surface area contributed by atoms with Crippen LogP contribution >= 0.6 is 0 Å². The summed E-state index contributed by atoms with van der Waals surface area (Å²) in [7, 11) is 0. The van der Waals surface area contributed by atoms with Gasteiger partial charge < -0.3 is 14.2 Å². The van der Waals surface area contributed by atoms with Crippen molar-refractivity contribution in [2.75, 3.05) is 13.2 Å². The molecule has 0 spiro atoms. The molecule has 0 aromatic rings. The van der Waals surface area contributed by atoms with Crippen LogP contribution in [-0.2, 0) is 28.6 Å². The lowest BCUT2D eigenvalue weighted by molar-refractivity contribution is -0.167. The molecule has 0 radical (unpaired) electrons. The minimum atomic E-state index is -0.814. The van der Waals surface area contributed by atoms with Gasteiger partial charge in [0.25, 0.3) is 0 Å². The molecule has 0 N–H and O–H groups in total. The highest BCUT2D eigenvalue weighted by Crippen LogP contribution is 2.15. The van der Waals surface area contributed by atoms with Gasteiger partial charge >= 0.3 is 17.9 Å². The van der Waals surface area contributed by atoms with Crippen molar-refractivity contribution in [2.45, 2.75) is 297 Å². The lowest BCUT2D eigenvalue weighted by Gasteiger charge is -2.18. The molecule has 0 aliphatic carbocycles. The summed E-state index contributed by atoms with van der Waals surface area (Å²) in [4.78, 5) is 38.4. The molecule has 0 saturated carbocycles. The van der Waals surface area contributed by atoms with E-state index in [0.29, 0.717) is 12.8 Å². The first-order valence-electron chi connectivity index (χ1n) is 34.0. The normalized spacial score (nSPS) is 13.1. The van der Waals surface area contributed by atoms with Crippen molar-refractivity contribution < 1.29 is 28.6 Å². The Balaban J connectivity index is 4.48. The van der Waals surface area contributed by atoms with Gasteiger partial charge in [-0.3, -0.25) is 14.4 Å². The van der Waals surface area contributed by atoms with Gasteiger partial charge in [-0.25, -0.2) is 0 Å². The van der Waals surface area contributed by atoms with Gasteiger partial charge in [0, 0.05) is 19.3 Å². The smallest absolute Gasteiger partial charge is 0.306 e. The molecule has 468 valence electrons. The quantitative estimate of drug-likeness (QED) is 0.0261. The molecule has 0 amide bonds. The van der Waals surface area contributed by atoms with Gasteiger partial charge in [0.05, 0.1) is 0 Å². The van der Waals surface area contributed by atoms with Gasteiger partial charge in [0.1, 0.15) is 13.2 Å². The predicted octanol–water partition coefficient (Wildman–Crippen LogP) is 23.7. The van der Waals surface area contributed by atoms with Crippen LogP contribution < -0.4 is 0 Å². The Bertz CT molecular complexity index is 1840. The molecule has 0 aliphatic heterocycles. The molecule has 1 atom stereocenters. The molecule has 0 aromatic heterocycles. The average molecular weight is 1150 g/mol. The Hall–Kier alpha value is -4.97. The first kappa shape index (κ1) is 78.0. The van der Waals surface area contributed by atoms with E-state index in [1.165, 1.54) is 89.9 Å². The fourth-order valence-corrected chi connectivity index (χ4v) is 8.97. The van der Waals surface area contributed by atoms with Crippen LogP contribution in [0.4, 0.5) is 0 Å². The zero-order valence-corrected chi connectivity index (χ0v) is 53.7. The van der Waals surface area contributed by atoms with E-state index in [9.17, 15) is 14.4 Å². The summed E-state index contributed by atoms with van der Waals surface area (Å²) >= 11 is 0. The Morgan fingerprint density at radius 2 is 0.470 bits per heavy atom. The van der Waals surface area contributed by atoms with Crippen LogP contribution in [0.2, 0.25) is 0 Å². The van der Waals surface area contributed by atoms with E-state index in [4.69, 9.17) is 14.2 Å². The second kappa shape index (κ2) is 69.5. The van der Waals surface area contributed by atoms with Crippen molar-refractivity contribution >= 4 is 17.9 Å². The average Bonchev–Trinajstić information content (AvgIpc) is 3.49. The molecule has 0 fully saturated rings. The zero-order valence-electron chi connectivity index (χ0n) is 53.7. The lowest BCUT2D eigenvalue weighted by Crippen LogP contribution is -2.30. The summed E-state index contributed by atoms with van der Waals surface area (Å²) in [6.07, 6.45) is 101. The minimum absolute atomic E-state index is 0.105. The largest absolute Gasteiger partial charge is 0.462 e. The van der Waals surface area contributed by atoms with E-state index < -0.39 is 6.10 Å². The molecule has 6 heteroatoms. The standard InChI is InChI=1S/C77H124O6/c1-4-7-10-13-16-19-22-25-28-31-33-35-37-38-40-41-43-46-49-52-55-58-61-64-67-70-76(79)82-73-74(72-81-75(78)69-66-63-60-57-54-51-48-45-30-27-24-21-18-15-12-9-6-3)83-77(80)71-68-65-62-59-56-53-50-47-44-42-39-36-34-32-29-26-23-20-17-14-11-8-5-2/h8-9,11-12,17-18,20-22,25-27,29-31,33-34,36-38,42,44,48,50-51,53,74H,4-7,10,13-16,19,23-24,28,32,35,39-41,43,45-47,49,52,54-73H2,1-3H3/b11-8-,12-9-,20-17-,21-18-,25-22-,29-26-,30-27-,33-31-,36-34-,38-37-,44-42-,51-48-,53-50-. The number of ether oxygens (including phenoxy) is 3. The summed E-state index contributed by atoms with van der Waals surface area (Å²) in [5.41, 5.74) is 0. The summed E-state index contributed by atoms with van der Waals surface area (Å²) in [5.74, 6) is -0.958. The van der Waals surface area contributed by atoms with E-state index in [1.807, 2.05) is 0 Å². The van der Waals surface area contributed by atoms with Gasteiger partial charge in [0.15, 0.2) is 6.10 Å². The third-order valence-corrected chi connectivity index (χ3v) is 14.0. The Morgan fingerprint density at radius 1 is 0.253 bits per heavy atom. The van der Waals surface area contributed by atoms with Crippen molar-refractivity contribution in [3.8, 4) is 0 Å². The second-order valence-electron chi connectivity index (χ2n) is 22.0. The summed E-state index contributed by atoms with van der Waals surface area (Å²) in [5, 5.41) is 0. The van der Waals surface area contributed by atoms with E-state index in [0.717, 1.165) is 161 Å². The number of allylic oxidation sites excluding steroid dienone is 26. The fourth-order valence-electron chi connectivity index (χ4n) is 8.97. The van der Waals surface area contributed by atoms with E-state index in [1.54, 1.807) is 0 Å². The summed E-state index contributed by atoms with van der Waals surface area (Å²) in [6.45, 7) is 6.36. The highest BCUT2D eigenvalue weighted by atomic mass is 16.6. The molecule has 1 unspecified atom stereocenters. The highest BCUT2D eigenvalue weighted by Gasteiger charge is 2.19. The maximum atomic E-state index is 12.9. The number of carbonyl (C=O) groups excluding carboxylic acids is 3. The van der Waals surface area contributed by atoms with Crippen LogP contribution in [0.1, 0.15) is 290 Å². The molecule has 0 rings (SSSR count). The maximum Gasteiger partial charge on any atom is 0.306 e. The first-order valence-corrected chi connectivity index (χ1v) is 34.0. The molecule has 0 aromatic carbocycles. The third-order valence-electron chi connectivity index (χ3n) is 14.0. The topological polar surface area (TPSA) is 78.9 Å².